The van der Waals surface area contributed by atoms with Gasteiger partial charge in [0.05, 0.1) is 6.61 Å². The van der Waals surface area contributed by atoms with E-state index in [1.165, 1.54) is 12.8 Å². The Morgan fingerprint density at radius 2 is 2.29 bits per heavy atom. The number of aliphatic hydroxyl groups is 1. The zero-order valence-corrected chi connectivity index (χ0v) is 9.50. The fraction of sp³-hybridized carbons (Fsp3) is 1.00. The summed E-state index contributed by atoms with van der Waals surface area (Å²) < 4.78 is 0. The third-order valence-corrected chi connectivity index (χ3v) is 2.74. The van der Waals surface area contributed by atoms with Crippen LogP contribution < -0.4 is 5.32 Å². The maximum Gasteiger partial charge on any atom is 0.0558 e. The van der Waals surface area contributed by atoms with Crippen LogP contribution in [-0.4, -0.2) is 48.8 Å². The summed E-state index contributed by atoms with van der Waals surface area (Å²) in [5.74, 6) is 0.725. The average molecular weight is 200 g/mol. The molecule has 0 radical (unpaired) electrons. The molecular formula is C11H24N2O. The SMILES string of the molecule is CC(C)CNC1CCCN(CCO)C1. The van der Waals surface area contributed by atoms with Gasteiger partial charge in [-0.1, -0.05) is 13.8 Å². The molecule has 0 aromatic carbocycles. The number of aliphatic hydroxyl groups excluding tert-OH is 1. The van der Waals surface area contributed by atoms with Crippen LogP contribution in [0.4, 0.5) is 0 Å². The van der Waals surface area contributed by atoms with E-state index in [1.54, 1.807) is 0 Å². The summed E-state index contributed by atoms with van der Waals surface area (Å²) in [6.07, 6.45) is 2.55. The van der Waals surface area contributed by atoms with E-state index in [1.807, 2.05) is 0 Å². The monoisotopic (exact) mass is 200 g/mol. The van der Waals surface area contributed by atoms with E-state index in [4.69, 9.17) is 5.11 Å². The van der Waals surface area contributed by atoms with E-state index >= 15 is 0 Å². The zero-order chi connectivity index (χ0) is 10.4. The molecule has 1 rings (SSSR count). The number of likely N-dealkylation sites (tertiary alicyclic amines) is 1. The Labute approximate surface area is 87.5 Å². The molecule has 0 aromatic rings. The lowest BCUT2D eigenvalue weighted by Gasteiger charge is -2.33. The van der Waals surface area contributed by atoms with Crippen molar-refractivity contribution in [1.29, 1.82) is 0 Å². The molecule has 1 unspecified atom stereocenters. The maximum absolute atomic E-state index is 8.86. The van der Waals surface area contributed by atoms with Gasteiger partial charge in [-0.3, -0.25) is 4.90 Å². The Hall–Kier alpha value is -0.120. The molecular weight excluding hydrogens is 176 g/mol. The first-order chi connectivity index (χ1) is 6.72. The Morgan fingerprint density at radius 3 is 2.93 bits per heavy atom. The fourth-order valence-corrected chi connectivity index (χ4v) is 1.97. The highest BCUT2D eigenvalue weighted by atomic mass is 16.3. The summed E-state index contributed by atoms with van der Waals surface area (Å²) in [6.45, 7) is 8.96. The molecule has 0 aromatic heterocycles. The van der Waals surface area contributed by atoms with Gasteiger partial charge in [0.25, 0.3) is 0 Å². The molecule has 0 spiro atoms. The Kier molecular flexibility index (Phi) is 5.45. The number of piperidine rings is 1. The second-order valence-corrected chi connectivity index (χ2v) is 4.67. The zero-order valence-electron chi connectivity index (χ0n) is 9.50. The van der Waals surface area contributed by atoms with Gasteiger partial charge in [0.15, 0.2) is 0 Å². The van der Waals surface area contributed by atoms with Gasteiger partial charge in [-0.2, -0.15) is 0 Å². The predicted octanol–water partition coefficient (Wildman–Crippen LogP) is 0.689. The van der Waals surface area contributed by atoms with E-state index in [2.05, 4.69) is 24.1 Å². The van der Waals surface area contributed by atoms with Crippen LogP contribution in [-0.2, 0) is 0 Å². The lowest BCUT2D eigenvalue weighted by molar-refractivity contribution is 0.150. The van der Waals surface area contributed by atoms with Crippen molar-refractivity contribution in [3.8, 4) is 0 Å². The van der Waals surface area contributed by atoms with Crippen molar-refractivity contribution in [2.24, 2.45) is 5.92 Å². The molecule has 1 aliphatic rings. The van der Waals surface area contributed by atoms with Crippen LogP contribution in [0.2, 0.25) is 0 Å². The van der Waals surface area contributed by atoms with Crippen LogP contribution in [0.25, 0.3) is 0 Å². The van der Waals surface area contributed by atoms with Crippen LogP contribution in [0.3, 0.4) is 0 Å². The standard InChI is InChI=1S/C11H24N2O/c1-10(2)8-12-11-4-3-5-13(9-11)6-7-14/h10-12,14H,3-9H2,1-2H3. The van der Waals surface area contributed by atoms with Crippen molar-refractivity contribution >= 4 is 0 Å². The summed E-state index contributed by atoms with van der Waals surface area (Å²) in [6, 6.07) is 0.637. The van der Waals surface area contributed by atoms with E-state index < -0.39 is 0 Å². The number of rotatable bonds is 5. The summed E-state index contributed by atoms with van der Waals surface area (Å²) in [7, 11) is 0. The van der Waals surface area contributed by atoms with Crippen LogP contribution in [0, 0.1) is 5.92 Å². The van der Waals surface area contributed by atoms with Gasteiger partial charge in [-0.15, -0.1) is 0 Å². The van der Waals surface area contributed by atoms with Gasteiger partial charge in [-0.25, -0.2) is 0 Å². The summed E-state index contributed by atoms with van der Waals surface area (Å²) >= 11 is 0. The lowest BCUT2D eigenvalue weighted by Crippen LogP contribution is -2.47. The lowest BCUT2D eigenvalue weighted by atomic mass is 10.1. The van der Waals surface area contributed by atoms with E-state index in [0.717, 1.165) is 32.1 Å². The molecule has 0 amide bonds. The Morgan fingerprint density at radius 1 is 1.50 bits per heavy atom. The molecule has 0 bridgehead atoms. The number of nitrogens with zero attached hydrogens (tertiary/aromatic N) is 1. The van der Waals surface area contributed by atoms with Crippen molar-refractivity contribution in [3.63, 3.8) is 0 Å². The van der Waals surface area contributed by atoms with E-state index in [9.17, 15) is 0 Å². The molecule has 1 heterocycles. The van der Waals surface area contributed by atoms with Crippen LogP contribution >= 0.6 is 0 Å². The topological polar surface area (TPSA) is 35.5 Å². The largest absolute Gasteiger partial charge is 0.395 e. The summed E-state index contributed by atoms with van der Waals surface area (Å²) in [5.41, 5.74) is 0. The Bertz CT molecular complexity index is 148. The normalized spacial score (nSPS) is 24.4. The van der Waals surface area contributed by atoms with Crippen molar-refractivity contribution in [2.45, 2.75) is 32.7 Å². The molecule has 14 heavy (non-hydrogen) atoms. The van der Waals surface area contributed by atoms with Crippen molar-refractivity contribution in [1.82, 2.24) is 10.2 Å². The van der Waals surface area contributed by atoms with Gasteiger partial charge in [0, 0.05) is 19.1 Å². The second-order valence-electron chi connectivity index (χ2n) is 4.67. The molecule has 3 nitrogen and oxygen atoms in total. The van der Waals surface area contributed by atoms with Gasteiger partial charge in [-0.05, 0) is 31.8 Å². The first-order valence-corrected chi connectivity index (χ1v) is 5.79. The molecule has 1 atom stereocenters. The third-order valence-electron chi connectivity index (χ3n) is 2.74. The highest BCUT2D eigenvalue weighted by Gasteiger charge is 2.18. The molecule has 1 saturated heterocycles. The second kappa shape index (κ2) is 6.38. The number of hydrogen-bond donors (Lipinski definition) is 2. The molecule has 1 aliphatic heterocycles. The number of hydrogen-bond acceptors (Lipinski definition) is 3. The van der Waals surface area contributed by atoms with Crippen molar-refractivity contribution in [3.05, 3.63) is 0 Å². The maximum atomic E-state index is 8.86. The molecule has 1 fully saturated rings. The van der Waals surface area contributed by atoms with Gasteiger partial charge < -0.3 is 10.4 Å². The first-order valence-electron chi connectivity index (χ1n) is 5.79. The van der Waals surface area contributed by atoms with Gasteiger partial charge in [0.1, 0.15) is 0 Å². The molecule has 2 N–H and O–H groups in total. The molecule has 0 aliphatic carbocycles. The minimum atomic E-state index is 0.289. The average Bonchev–Trinajstić information content (AvgIpc) is 2.16. The van der Waals surface area contributed by atoms with Gasteiger partial charge >= 0.3 is 0 Å². The summed E-state index contributed by atoms with van der Waals surface area (Å²) in [4.78, 5) is 2.35. The third kappa shape index (κ3) is 4.40. The quantitative estimate of drug-likeness (QED) is 0.685. The summed E-state index contributed by atoms with van der Waals surface area (Å²) in [5, 5.41) is 12.4. The number of β-amino-alcohol motifs (C(OH)–C–C–N with tert-alkyl or cyclic N) is 1. The van der Waals surface area contributed by atoms with Crippen LogP contribution in [0.5, 0.6) is 0 Å². The fourth-order valence-electron chi connectivity index (χ4n) is 1.97. The highest BCUT2D eigenvalue weighted by molar-refractivity contribution is 4.78. The molecule has 3 heteroatoms. The van der Waals surface area contributed by atoms with Crippen molar-refractivity contribution in [2.75, 3.05) is 32.8 Å². The highest BCUT2D eigenvalue weighted by Crippen LogP contribution is 2.09. The predicted molar refractivity (Wildman–Crippen MR) is 59.4 cm³/mol. The van der Waals surface area contributed by atoms with Crippen molar-refractivity contribution < 1.29 is 5.11 Å². The first kappa shape index (κ1) is 12.0. The Balaban J connectivity index is 2.18. The van der Waals surface area contributed by atoms with Crippen LogP contribution in [0.15, 0.2) is 0 Å². The minimum absolute atomic E-state index is 0.289. The van der Waals surface area contributed by atoms with E-state index in [0.29, 0.717) is 6.04 Å². The van der Waals surface area contributed by atoms with Gasteiger partial charge in [0.2, 0.25) is 0 Å². The molecule has 0 saturated carbocycles. The van der Waals surface area contributed by atoms with E-state index in [-0.39, 0.29) is 6.61 Å². The molecule has 84 valence electrons. The number of nitrogens with one attached hydrogen (secondary N) is 1. The smallest absolute Gasteiger partial charge is 0.0558 e. The van der Waals surface area contributed by atoms with Crippen LogP contribution in [0.1, 0.15) is 26.7 Å². The minimum Gasteiger partial charge on any atom is -0.395 e.